The van der Waals surface area contributed by atoms with Gasteiger partial charge in [-0.1, -0.05) is 35.5 Å². The Bertz CT molecular complexity index is 774. The third-order valence-electron chi connectivity index (χ3n) is 3.68. The summed E-state index contributed by atoms with van der Waals surface area (Å²) in [5.41, 5.74) is 0.860. The topological polar surface area (TPSA) is 126 Å². The van der Waals surface area contributed by atoms with Gasteiger partial charge in [-0.2, -0.15) is 4.98 Å². The number of carbonyl (C=O) groups is 3. The van der Waals surface area contributed by atoms with Crippen molar-refractivity contribution in [3.8, 4) is 11.4 Å². The largest absolute Gasteiger partial charge is 0.356 e. The van der Waals surface area contributed by atoms with Crippen molar-refractivity contribution < 1.29 is 18.9 Å². The van der Waals surface area contributed by atoms with Crippen molar-refractivity contribution in [2.24, 2.45) is 0 Å². The maximum absolute atomic E-state index is 11.8. The summed E-state index contributed by atoms with van der Waals surface area (Å²) in [7, 11) is 0. The van der Waals surface area contributed by atoms with Gasteiger partial charge in [0.05, 0.1) is 0 Å². The molecule has 9 nitrogen and oxygen atoms in total. The molecular formula is C16H17N5O4. The SMILES string of the molecule is O=C(CCC1NC(=O)NC1=O)NCCc1nc(-c2ccccc2)no1. The van der Waals surface area contributed by atoms with Gasteiger partial charge in [-0.3, -0.25) is 14.9 Å². The second kappa shape index (κ2) is 7.56. The number of aromatic nitrogens is 2. The predicted molar refractivity (Wildman–Crippen MR) is 86.1 cm³/mol. The number of urea groups is 1. The minimum atomic E-state index is -0.650. The van der Waals surface area contributed by atoms with Crippen LogP contribution in [0, 0.1) is 0 Å². The summed E-state index contributed by atoms with van der Waals surface area (Å²) in [6.45, 7) is 0.346. The van der Waals surface area contributed by atoms with Gasteiger partial charge in [0.15, 0.2) is 0 Å². The number of rotatable bonds is 7. The molecule has 3 N–H and O–H groups in total. The number of hydrogen-bond acceptors (Lipinski definition) is 6. The van der Waals surface area contributed by atoms with Crippen LogP contribution in [0.4, 0.5) is 4.79 Å². The fraction of sp³-hybridized carbons (Fsp3) is 0.312. The maximum Gasteiger partial charge on any atom is 0.322 e. The molecule has 1 aliphatic rings. The number of amides is 4. The molecule has 1 aliphatic heterocycles. The van der Waals surface area contributed by atoms with Gasteiger partial charge in [0.25, 0.3) is 5.91 Å². The highest BCUT2D eigenvalue weighted by Gasteiger charge is 2.29. The predicted octanol–water partition coefficient (Wildman–Crippen LogP) is 0.384. The summed E-state index contributed by atoms with van der Waals surface area (Å²) in [6.07, 6.45) is 0.797. The van der Waals surface area contributed by atoms with Crippen LogP contribution < -0.4 is 16.0 Å². The highest BCUT2D eigenvalue weighted by atomic mass is 16.5. The number of hydrogen-bond donors (Lipinski definition) is 3. The van der Waals surface area contributed by atoms with Crippen molar-refractivity contribution in [2.75, 3.05) is 6.54 Å². The molecule has 1 aromatic carbocycles. The second-order valence-corrected chi connectivity index (χ2v) is 5.53. The van der Waals surface area contributed by atoms with Crippen molar-refractivity contribution in [1.82, 2.24) is 26.1 Å². The lowest BCUT2D eigenvalue weighted by Gasteiger charge is -2.07. The van der Waals surface area contributed by atoms with E-state index in [1.807, 2.05) is 30.3 Å². The Labute approximate surface area is 143 Å². The fourth-order valence-electron chi connectivity index (χ4n) is 2.40. The van der Waals surface area contributed by atoms with Crippen LogP contribution in [0.25, 0.3) is 11.4 Å². The Morgan fingerprint density at radius 3 is 2.76 bits per heavy atom. The molecule has 1 saturated heterocycles. The Morgan fingerprint density at radius 1 is 1.24 bits per heavy atom. The van der Waals surface area contributed by atoms with E-state index >= 15 is 0 Å². The summed E-state index contributed by atoms with van der Waals surface area (Å²) in [4.78, 5) is 38.4. The molecule has 0 aliphatic carbocycles. The van der Waals surface area contributed by atoms with Gasteiger partial charge >= 0.3 is 6.03 Å². The zero-order chi connectivity index (χ0) is 17.6. The number of nitrogens with one attached hydrogen (secondary N) is 3. The number of carbonyl (C=O) groups excluding carboxylic acids is 3. The first-order valence-electron chi connectivity index (χ1n) is 7.88. The minimum Gasteiger partial charge on any atom is -0.356 e. The molecule has 0 bridgehead atoms. The lowest BCUT2D eigenvalue weighted by Crippen LogP contribution is -2.32. The standard InChI is InChI=1S/C16H17N5O4/c22-12(7-6-11-15(23)20-16(24)18-11)17-9-8-13-19-14(21-25-13)10-4-2-1-3-5-10/h1-5,11H,6-9H2,(H,17,22)(H2,18,20,23,24). The molecule has 1 aromatic heterocycles. The lowest BCUT2D eigenvalue weighted by atomic mass is 10.1. The lowest BCUT2D eigenvalue weighted by molar-refractivity contribution is -0.122. The summed E-state index contributed by atoms with van der Waals surface area (Å²) in [6, 6.07) is 8.27. The molecule has 2 heterocycles. The Morgan fingerprint density at radius 2 is 2.04 bits per heavy atom. The van der Waals surface area contributed by atoms with Gasteiger partial charge in [0, 0.05) is 24.9 Å². The van der Waals surface area contributed by atoms with Crippen molar-refractivity contribution in [3.05, 3.63) is 36.2 Å². The Hall–Kier alpha value is -3.23. The molecule has 3 rings (SSSR count). The van der Waals surface area contributed by atoms with Crippen molar-refractivity contribution in [3.63, 3.8) is 0 Å². The van der Waals surface area contributed by atoms with E-state index in [4.69, 9.17) is 4.52 Å². The molecule has 130 valence electrons. The first kappa shape index (κ1) is 16.6. The molecule has 4 amide bonds. The van der Waals surface area contributed by atoms with Gasteiger partial charge in [0.1, 0.15) is 6.04 Å². The Kier molecular flexibility index (Phi) is 5.03. The molecule has 2 aromatic rings. The first-order chi connectivity index (χ1) is 12.1. The van der Waals surface area contributed by atoms with E-state index in [0.29, 0.717) is 24.7 Å². The average Bonchev–Trinajstić information content (AvgIpc) is 3.20. The van der Waals surface area contributed by atoms with Crippen molar-refractivity contribution in [1.29, 1.82) is 0 Å². The fourth-order valence-corrected chi connectivity index (χ4v) is 2.40. The third-order valence-corrected chi connectivity index (χ3v) is 3.68. The van der Waals surface area contributed by atoms with Gasteiger partial charge in [-0.25, -0.2) is 4.79 Å². The van der Waals surface area contributed by atoms with Crippen LogP contribution in [0.2, 0.25) is 0 Å². The van der Waals surface area contributed by atoms with E-state index in [2.05, 4.69) is 26.1 Å². The quantitative estimate of drug-likeness (QED) is 0.624. The van der Waals surface area contributed by atoms with Crippen molar-refractivity contribution in [2.45, 2.75) is 25.3 Å². The molecule has 1 atom stereocenters. The smallest absolute Gasteiger partial charge is 0.322 e. The van der Waals surface area contributed by atoms with Crippen LogP contribution in [-0.4, -0.2) is 40.6 Å². The van der Waals surface area contributed by atoms with E-state index in [1.54, 1.807) is 0 Å². The van der Waals surface area contributed by atoms with Crippen LogP contribution in [-0.2, 0) is 16.0 Å². The molecule has 1 unspecified atom stereocenters. The highest BCUT2D eigenvalue weighted by molar-refractivity contribution is 6.04. The molecule has 9 heteroatoms. The number of imide groups is 1. The molecule has 0 saturated carbocycles. The molecule has 1 fully saturated rings. The van der Waals surface area contributed by atoms with Crippen molar-refractivity contribution >= 4 is 17.8 Å². The second-order valence-electron chi connectivity index (χ2n) is 5.53. The van der Waals surface area contributed by atoms with Crippen LogP contribution in [0.5, 0.6) is 0 Å². The maximum atomic E-state index is 11.8. The summed E-state index contributed by atoms with van der Waals surface area (Å²) < 4.78 is 5.16. The van der Waals surface area contributed by atoms with E-state index < -0.39 is 18.0 Å². The number of benzene rings is 1. The number of nitrogens with zero attached hydrogens (tertiary/aromatic N) is 2. The molecule has 25 heavy (non-hydrogen) atoms. The van der Waals surface area contributed by atoms with E-state index in [0.717, 1.165) is 5.56 Å². The van der Waals surface area contributed by atoms with E-state index in [-0.39, 0.29) is 18.7 Å². The highest BCUT2D eigenvalue weighted by Crippen LogP contribution is 2.14. The zero-order valence-corrected chi connectivity index (χ0v) is 13.3. The van der Waals surface area contributed by atoms with Gasteiger partial charge < -0.3 is 15.2 Å². The van der Waals surface area contributed by atoms with Crippen LogP contribution in [0.15, 0.2) is 34.9 Å². The normalized spacial score (nSPS) is 16.4. The summed E-state index contributed by atoms with van der Waals surface area (Å²) in [5, 5.41) is 11.2. The summed E-state index contributed by atoms with van der Waals surface area (Å²) >= 11 is 0. The Balaban J connectivity index is 1.39. The van der Waals surface area contributed by atoms with Crippen LogP contribution >= 0.6 is 0 Å². The van der Waals surface area contributed by atoms with Crippen LogP contribution in [0.1, 0.15) is 18.7 Å². The molecule has 0 spiro atoms. The molecule has 0 radical (unpaired) electrons. The van der Waals surface area contributed by atoms with Gasteiger partial charge in [-0.05, 0) is 6.42 Å². The van der Waals surface area contributed by atoms with Crippen LogP contribution in [0.3, 0.4) is 0 Å². The molecular weight excluding hydrogens is 326 g/mol. The third kappa shape index (κ3) is 4.40. The van der Waals surface area contributed by atoms with E-state index in [9.17, 15) is 14.4 Å². The average molecular weight is 343 g/mol. The summed E-state index contributed by atoms with van der Waals surface area (Å²) in [5.74, 6) is 0.320. The van der Waals surface area contributed by atoms with Gasteiger partial charge in [0.2, 0.25) is 17.6 Å². The van der Waals surface area contributed by atoms with Gasteiger partial charge in [-0.15, -0.1) is 0 Å². The zero-order valence-electron chi connectivity index (χ0n) is 13.3. The van der Waals surface area contributed by atoms with E-state index in [1.165, 1.54) is 0 Å². The minimum absolute atomic E-state index is 0.136. The first-order valence-corrected chi connectivity index (χ1v) is 7.88. The monoisotopic (exact) mass is 343 g/mol.